The third-order valence-electron chi connectivity index (χ3n) is 4.26. The zero-order valence-electron chi connectivity index (χ0n) is 14.8. The summed E-state index contributed by atoms with van der Waals surface area (Å²) in [6, 6.07) is 9.48. The highest BCUT2D eigenvalue weighted by molar-refractivity contribution is 5.93. The van der Waals surface area contributed by atoms with E-state index in [0.29, 0.717) is 18.8 Å². The van der Waals surface area contributed by atoms with Crippen molar-refractivity contribution in [2.24, 2.45) is 0 Å². The fraction of sp³-hybridized carbons (Fsp3) is 0.263. The summed E-state index contributed by atoms with van der Waals surface area (Å²) >= 11 is 0. The summed E-state index contributed by atoms with van der Waals surface area (Å²) in [6.07, 6.45) is 5.65. The van der Waals surface area contributed by atoms with E-state index in [2.05, 4.69) is 20.3 Å². The molecule has 0 radical (unpaired) electrons. The average Bonchev–Trinajstić information content (AvgIpc) is 3.04. The molecule has 0 saturated heterocycles. The van der Waals surface area contributed by atoms with Crippen LogP contribution in [-0.4, -0.2) is 25.4 Å². The van der Waals surface area contributed by atoms with Gasteiger partial charge in [0.1, 0.15) is 17.2 Å². The van der Waals surface area contributed by atoms with Crippen LogP contribution in [0.15, 0.2) is 53.7 Å². The highest BCUT2D eigenvalue weighted by atomic mass is 16.2. The maximum absolute atomic E-state index is 12.6. The number of carbonyl (C=O) groups excluding carboxylic acids is 1. The van der Waals surface area contributed by atoms with Gasteiger partial charge in [-0.1, -0.05) is 30.3 Å². The van der Waals surface area contributed by atoms with Crippen LogP contribution in [0.25, 0.3) is 0 Å². The number of H-pyrrole nitrogens is 1. The second kappa shape index (κ2) is 7.77. The highest BCUT2D eigenvalue weighted by Gasteiger charge is 2.18. The Bertz CT molecular complexity index is 946. The monoisotopic (exact) mass is 351 g/mol. The predicted octanol–water partition coefficient (Wildman–Crippen LogP) is 2.14. The molecule has 3 aromatic rings. The van der Waals surface area contributed by atoms with Crippen LogP contribution in [-0.2, 0) is 6.54 Å². The number of nitrogens with zero attached hydrogens (tertiary/aromatic N) is 3. The van der Waals surface area contributed by atoms with Crippen LogP contribution < -0.4 is 10.9 Å². The predicted molar refractivity (Wildman–Crippen MR) is 97.8 cm³/mol. The number of hydrogen-bond acceptors (Lipinski definition) is 4. The molecule has 7 nitrogen and oxygen atoms in total. The van der Waals surface area contributed by atoms with Crippen LogP contribution >= 0.6 is 0 Å². The van der Waals surface area contributed by atoms with Gasteiger partial charge in [0.2, 0.25) is 0 Å². The summed E-state index contributed by atoms with van der Waals surface area (Å²) in [4.78, 5) is 35.4. The molecule has 0 aliphatic heterocycles. The van der Waals surface area contributed by atoms with E-state index in [1.807, 2.05) is 48.0 Å². The molecule has 0 spiro atoms. The lowest BCUT2D eigenvalue weighted by atomic mass is 10.0. The molecule has 3 rings (SSSR count). The number of imidazole rings is 1. The molecule has 2 heterocycles. The summed E-state index contributed by atoms with van der Waals surface area (Å²) in [6.45, 7) is 4.31. The van der Waals surface area contributed by atoms with Crippen molar-refractivity contribution in [1.82, 2.24) is 24.8 Å². The second-order valence-corrected chi connectivity index (χ2v) is 6.10. The maximum Gasteiger partial charge on any atom is 0.263 e. The van der Waals surface area contributed by atoms with Crippen molar-refractivity contribution in [2.45, 2.75) is 32.9 Å². The van der Waals surface area contributed by atoms with Crippen LogP contribution in [0.2, 0.25) is 0 Å². The lowest BCUT2D eigenvalue weighted by Gasteiger charge is -2.20. The number of nitrogens with one attached hydrogen (secondary N) is 2. The van der Waals surface area contributed by atoms with E-state index in [1.54, 1.807) is 13.1 Å². The first kappa shape index (κ1) is 17.6. The lowest BCUT2D eigenvalue weighted by Crippen LogP contribution is -2.33. The quantitative estimate of drug-likeness (QED) is 0.712. The minimum absolute atomic E-state index is 0.00958. The van der Waals surface area contributed by atoms with Gasteiger partial charge in [0.15, 0.2) is 0 Å². The number of benzene rings is 1. The topological polar surface area (TPSA) is 92.7 Å². The van der Waals surface area contributed by atoms with Crippen molar-refractivity contribution in [2.75, 3.05) is 0 Å². The first-order valence-electron chi connectivity index (χ1n) is 8.44. The van der Waals surface area contributed by atoms with E-state index >= 15 is 0 Å². The normalized spacial score (nSPS) is 11.9. The summed E-state index contributed by atoms with van der Waals surface area (Å²) in [7, 11) is 0. The van der Waals surface area contributed by atoms with Gasteiger partial charge < -0.3 is 14.9 Å². The molecule has 1 amide bonds. The van der Waals surface area contributed by atoms with Gasteiger partial charge in [-0.25, -0.2) is 9.97 Å². The zero-order chi connectivity index (χ0) is 18.5. The molecule has 134 valence electrons. The summed E-state index contributed by atoms with van der Waals surface area (Å²) in [5.41, 5.74) is 0.553. The second-order valence-electron chi connectivity index (χ2n) is 6.10. The number of amides is 1. The van der Waals surface area contributed by atoms with Gasteiger partial charge in [0, 0.05) is 25.1 Å². The molecule has 0 unspecified atom stereocenters. The van der Waals surface area contributed by atoms with Crippen LogP contribution in [0, 0.1) is 13.8 Å². The molecule has 1 atom stereocenters. The maximum atomic E-state index is 12.6. The van der Waals surface area contributed by atoms with Gasteiger partial charge in [-0.15, -0.1) is 0 Å². The zero-order valence-corrected chi connectivity index (χ0v) is 14.8. The van der Waals surface area contributed by atoms with E-state index < -0.39 is 11.5 Å². The van der Waals surface area contributed by atoms with Crippen molar-refractivity contribution < 1.29 is 4.79 Å². The Balaban J connectivity index is 1.80. The molecular weight excluding hydrogens is 330 g/mol. The van der Waals surface area contributed by atoms with Crippen LogP contribution in [0.5, 0.6) is 0 Å². The SMILES string of the molecule is Cc1ncc(C(=O)N[C@H](CCn2ccnc2C)c2ccccc2)c(=O)[nH]1. The Labute approximate surface area is 151 Å². The molecular formula is C19H21N5O2. The van der Waals surface area contributed by atoms with Crippen molar-refractivity contribution >= 4 is 5.91 Å². The smallest absolute Gasteiger partial charge is 0.263 e. The Morgan fingerprint density at radius 3 is 2.65 bits per heavy atom. The van der Waals surface area contributed by atoms with Gasteiger partial charge in [-0.2, -0.15) is 0 Å². The first-order chi connectivity index (χ1) is 12.5. The summed E-state index contributed by atoms with van der Waals surface area (Å²) in [5, 5.41) is 2.96. The number of aromatic amines is 1. The fourth-order valence-corrected chi connectivity index (χ4v) is 2.80. The van der Waals surface area contributed by atoms with E-state index in [1.165, 1.54) is 6.20 Å². The summed E-state index contributed by atoms with van der Waals surface area (Å²) in [5.74, 6) is 0.957. The molecule has 2 N–H and O–H groups in total. The number of hydrogen-bond donors (Lipinski definition) is 2. The van der Waals surface area contributed by atoms with Crippen LogP contribution in [0.3, 0.4) is 0 Å². The van der Waals surface area contributed by atoms with Crippen molar-refractivity contribution in [1.29, 1.82) is 0 Å². The van der Waals surface area contributed by atoms with Gasteiger partial charge >= 0.3 is 0 Å². The number of aryl methyl sites for hydroxylation is 3. The highest BCUT2D eigenvalue weighted by Crippen LogP contribution is 2.18. The van der Waals surface area contributed by atoms with Gasteiger partial charge in [0.25, 0.3) is 11.5 Å². The Hall–Kier alpha value is -3.22. The third-order valence-corrected chi connectivity index (χ3v) is 4.26. The first-order valence-corrected chi connectivity index (χ1v) is 8.44. The van der Waals surface area contributed by atoms with Gasteiger partial charge in [-0.3, -0.25) is 9.59 Å². The Morgan fingerprint density at radius 2 is 2.00 bits per heavy atom. The molecule has 2 aromatic heterocycles. The van der Waals surface area contributed by atoms with Crippen LogP contribution in [0.4, 0.5) is 0 Å². The molecule has 0 aliphatic rings. The number of rotatable bonds is 6. The minimum Gasteiger partial charge on any atom is -0.345 e. The fourth-order valence-electron chi connectivity index (χ4n) is 2.80. The standard InChI is InChI=1S/C19H21N5O2/c1-13-21-12-16(18(25)22-13)19(26)23-17(15-6-4-3-5-7-15)8-10-24-11-9-20-14(24)2/h3-7,9,11-12,17H,8,10H2,1-2H3,(H,23,26)(H,21,22,25)/t17-/m1/s1. The Morgan fingerprint density at radius 1 is 1.23 bits per heavy atom. The number of aromatic nitrogens is 4. The molecule has 1 aromatic carbocycles. The minimum atomic E-state index is -0.438. The van der Waals surface area contributed by atoms with E-state index in [0.717, 1.165) is 11.4 Å². The van der Waals surface area contributed by atoms with Gasteiger partial charge in [0.05, 0.1) is 6.04 Å². The van der Waals surface area contributed by atoms with Gasteiger partial charge in [-0.05, 0) is 25.8 Å². The third kappa shape index (κ3) is 4.05. The van der Waals surface area contributed by atoms with E-state index in [9.17, 15) is 9.59 Å². The lowest BCUT2D eigenvalue weighted by molar-refractivity contribution is 0.0931. The van der Waals surface area contributed by atoms with E-state index in [-0.39, 0.29) is 11.6 Å². The molecule has 0 aliphatic carbocycles. The summed E-state index contributed by atoms with van der Waals surface area (Å²) < 4.78 is 2.03. The van der Waals surface area contributed by atoms with E-state index in [4.69, 9.17) is 0 Å². The average molecular weight is 351 g/mol. The molecule has 0 fully saturated rings. The van der Waals surface area contributed by atoms with Crippen molar-refractivity contribution in [3.63, 3.8) is 0 Å². The molecule has 0 saturated carbocycles. The molecule has 7 heteroatoms. The largest absolute Gasteiger partial charge is 0.345 e. The van der Waals surface area contributed by atoms with Crippen molar-refractivity contribution in [3.05, 3.63) is 82.1 Å². The van der Waals surface area contributed by atoms with Crippen LogP contribution in [0.1, 0.15) is 40.0 Å². The van der Waals surface area contributed by atoms with Crippen molar-refractivity contribution in [3.8, 4) is 0 Å². The Kier molecular flexibility index (Phi) is 5.26. The molecule has 26 heavy (non-hydrogen) atoms. The number of carbonyl (C=O) groups is 1. The molecule has 0 bridgehead atoms.